The van der Waals surface area contributed by atoms with Crippen LogP contribution < -0.4 is 4.72 Å². The van der Waals surface area contributed by atoms with Crippen molar-refractivity contribution < 1.29 is 17.9 Å². The molecule has 6 heteroatoms. The van der Waals surface area contributed by atoms with E-state index in [1.807, 2.05) is 0 Å². The molecule has 2 N–H and O–H groups in total. The Bertz CT molecular complexity index is 879. The molecular formula is C15H13NO4S. The Balaban J connectivity index is 1.97. The number of fused-ring (bicyclic) bond motifs is 1. The van der Waals surface area contributed by atoms with Gasteiger partial charge in [0.05, 0.1) is 5.69 Å². The summed E-state index contributed by atoms with van der Waals surface area (Å²) in [6, 6.07) is 13.1. The zero-order chi connectivity index (χ0) is 15.0. The lowest BCUT2D eigenvalue weighted by Crippen LogP contribution is -2.11. The summed E-state index contributed by atoms with van der Waals surface area (Å²) in [5.74, 6) is 0.0276. The van der Waals surface area contributed by atoms with E-state index in [2.05, 4.69) is 4.72 Å². The van der Waals surface area contributed by atoms with Crippen LogP contribution in [0.2, 0.25) is 0 Å². The summed E-state index contributed by atoms with van der Waals surface area (Å²) >= 11 is 0. The topological polar surface area (TPSA) is 79.5 Å². The number of nitrogens with one attached hydrogen (secondary N) is 1. The molecular weight excluding hydrogens is 290 g/mol. The number of rotatable bonds is 3. The molecule has 0 amide bonds. The van der Waals surface area contributed by atoms with E-state index in [-0.39, 0.29) is 16.5 Å². The largest absolute Gasteiger partial charge is 0.508 e. The third-order valence-corrected chi connectivity index (χ3v) is 4.36. The van der Waals surface area contributed by atoms with Crippen LogP contribution in [0, 0.1) is 6.92 Å². The van der Waals surface area contributed by atoms with Crippen LogP contribution in [0.3, 0.4) is 0 Å². The first-order chi connectivity index (χ1) is 9.95. The molecule has 1 aromatic heterocycles. The summed E-state index contributed by atoms with van der Waals surface area (Å²) in [4.78, 5) is 0. The van der Waals surface area contributed by atoms with Crippen molar-refractivity contribution in [2.75, 3.05) is 4.72 Å². The van der Waals surface area contributed by atoms with E-state index in [1.54, 1.807) is 43.3 Å². The number of benzene rings is 2. The van der Waals surface area contributed by atoms with Crippen LogP contribution in [0.4, 0.5) is 5.69 Å². The van der Waals surface area contributed by atoms with Gasteiger partial charge in [-0.05, 0) is 24.6 Å². The predicted octanol–water partition coefficient (Wildman–Crippen LogP) is 3.25. The van der Waals surface area contributed by atoms with Crippen LogP contribution in [0.1, 0.15) is 5.56 Å². The number of aromatic hydroxyl groups is 1. The van der Waals surface area contributed by atoms with Gasteiger partial charge in [0.2, 0.25) is 5.09 Å². The third-order valence-electron chi connectivity index (χ3n) is 3.13. The van der Waals surface area contributed by atoms with E-state index >= 15 is 0 Å². The van der Waals surface area contributed by atoms with Crippen molar-refractivity contribution in [2.45, 2.75) is 12.0 Å². The average Bonchev–Trinajstić information content (AvgIpc) is 2.87. The zero-order valence-corrected chi connectivity index (χ0v) is 12.0. The van der Waals surface area contributed by atoms with Gasteiger partial charge < -0.3 is 9.52 Å². The Morgan fingerprint density at radius 1 is 1.10 bits per heavy atom. The molecule has 0 spiro atoms. The number of anilines is 1. The summed E-state index contributed by atoms with van der Waals surface area (Å²) in [7, 11) is -3.83. The Hall–Kier alpha value is -2.47. The van der Waals surface area contributed by atoms with E-state index in [4.69, 9.17) is 4.42 Å². The molecule has 1 heterocycles. The smallest absolute Gasteiger partial charge is 0.295 e. The predicted molar refractivity (Wildman–Crippen MR) is 79.9 cm³/mol. The van der Waals surface area contributed by atoms with Crippen molar-refractivity contribution in [3.63, 3.8) is 0 Å². The van der Waals surface area contributed by atoms with Gasteiger partial charge in [-0.1, -0.05) is 24.3 Å². The molecule has 5 nitrogen and oxygen atoms in total. The van der Waals surface area contributed by atoms with Crippen LogP contribution in [-0.2, 0) is 10.0 Å². The van der Waals surface area contributed by atoms with Gasteiger partial charge in [0.1, 0.15) is 11.3 Å². The number of phenolic OH excluding ortho intramolecular Hbond substituents is 1. The van der Waals surface area contributed by atoms with Crippen LogP contribution in [0.5, 0.6) is 5.75 Å². The minimum Gasteiger partial charge on any atom is -0.508 e. The van der Waals surface area contributed by atoms with E-state index < -0.39 is 10.0 Å². The van der Waals surface area contributed by atoms with Crippen LogP contribution in [0.15, 0.2) is 58.0 Å². The molecule has 2 aromatic carbocycles. The van der Waals surface area contributed by atoms with Gasteiger partial charge in [-0.15, -0.1) is 0 Å². The Morgan fingerprint density at radius 3 is 2.57 bits per heavy atom. The van der Waals surface area contributed by atoms with E-state index in [0.29, 0.717) is 16.5 Å². The highest BCUT2D eigenvalue weighted by Gasteiger charge is 2.19. The maximum atomic E-state index is 12.3. The summed E-state index contributed by atoms with van der Waals surface area (Å²) in [6.07, 6.45) is 0. The Labute approximate surface area is 121 Å². The summed E-state index contributed by atoms with van der Waals surface area (Å²) in [5.41, 5.74) is 1.45. The van der Waals surface area contributed by atoms with Crippen molar-refractivity contribution in [1.29, 1.82) is 0 Å². The fourth-order valence-electron chi connectivity index (χ4n) is 1.97. The second-order valence-electron chi connectivity index (χ2n) is 4.71. The molecule has 0 fully saturated rings. The van der Waals surface area contributed by atoms with Crippen molar-refractivity contribution >= 4 is 26.7 Å². The second kappa shape index (κ2) is 4.82. The molecule has 108 valence electrons. The molecule has 0 unspecified atom stereocenters. The SMILES string of the molecule is Cc1ccc(NS(=O)(=O)c2cc3ccccc3o2)cc1O. The standard InChI is InChI=1S/C15H13NO4S/c1-10-6-7-12(9-13(10)17)16-21(18,19)15-8-11-4-2-3-5-14(11)20-15/h2-9,16-17H,1H3. The van der Waals surface area contributed by atoms with Crippen LogP contribution >= 0.6 is 0 Å². The average molecular weight is 303 g/mol. The first-order valence-corrected chi connectivity index (χ1v) is 7.75. The first-order valence-electron chi connectivity index (χ1n) is 6.27. The number of hydrogen-bond donors (Lipinski definition) is 2. The van der Waals surface area contributed by atoms with Gasteiger partial charge in [0.15, 0.2) is 0 Å². The van der Waals surface area contributed by atoms with Crippen LogP contribution in [-0.4, -0.2) is 13.5 Å². The van der Waals surface area contributed by atoms with Crippen LogP contribution in [0.25, 0.3) is 11.0 Å². The Kier molecular flexibility index (Phi) is 3.10. The molecule has 0 aliphatic rings. The maximum Gasteiger partial charge on any atom is 0.295 e. The van der Waals surface area contributed by atoms with Crippen molar-refractivity contribution in [3.05, 3.63) is 54.1 Å². The van der Waals surface area contributed by atoms with Crippen molar-refractivity contribution in [3.8, 4) is 5.75 Å². The van der Waals surface area contributed by atoms with E-state index in [9.17, 15) is 13.5 Å². The number of hydrogen-bond acceptors (Lipinski definition) is 4. The number of aryl methyl sites for hydroxylation is 1. The molecule has 0 atom stereocenters. The highest BCUT2D eigenvalue weighted by molar-refractivity contribution is 7.92. The fraction of sp³-hybridized carbons (Fsp3) is 0.0667. The molecule has 0 saturated carbocycles. The van der Waals surface area contributed by atoms with Crippen molar-refractivity contribution in [2.24, 2.45) is 0 Å². The highest BCUT2D eigenvalue weighted by atomic mass is 32.2. The molecule has 21 heavy (non-hydrogen) atoms. The summed E-state index contributed by atoms with van der Waals surface area (Å²) in [6.45, 7) is 1.73. The molecule has 0 bridgehead atoms. The number of phenols is 1. The van der Waals surface area contributed by atoms with Gasteiger partial charge >= 0.3 is 0 Å². The lowest BCUT2D eigenvalue weighted by atomic mass is 10.2. The minimum atomic E-state index is -3.83. The van der Waals surface area contributed by atoms with Gasteiger partial charge in [-0.25, -0.2) is 0 Å². The van der Waals surface area contributed by atoms with Gasteiger partial charge in [-0.3, -0.25) is 4.72 Å². The summed E-state index contributed by atoms with van der Waals surface area (Å²) in [5, 5.41) is 10.2. The molecule has 0 aliphatic carbocycles. The maximum absolute atomic E-state index is 12.3. The van der Waals surface area contributed by atoms with E-state index in [1.165, 1.54) is 12.1 Å². The number of sulfonamides is 1. The second-order valence-corrected chi connectivity index (χ2v) is 6.32. The molecule has 0 aliphatic heterocycles. The van der Waals surface area contributed by atoms with Crippen molar-refractivity contribution in [1.82, 2.24) is 0 Å². The minimum absolute atomic E-state index is 0.0276. The lowest BCUT2D eigenvalue weighted by Gasteiger charge is -2.07. The first kappa shape index (κ1) is 13.5. The van der Waals surface area contributed by atoms with Gasteiger partial charge in [-0.2, -0.15) is 8.42 Å². The van der Waals surface area contributed by atoms with Gasteiger partial charge in [0.25, 0.3) is 10.0 Å². The van der Waals surface area contributed by atoms with E-state index in [0.717, 1.165) is 0 Å². The fourth-order valence-corrected chi connectivity index (χ4v) is 2.99. The highest BCUT2D eigenvalue weighted by Crippen LogP contribution is 2.26. The molecule has 0 radical (unpaired) electrons. The monoisotopic (exact) mass is 303 g/mol. The summed E-state index contributed by atoms with van der Waals surface area (Å²) < 4.78 is 32.3. The molecule has 3 aromatic rings. The molecule has 3 rings (SSSR count). The zero-order valence-electron chi connectivity index (χ0n) is 11.2. The third kappa shape index (κ3) is 2.57. The normalized spacial score (nSPS) is 11.7. The number of furan rings is 1. The lowest BCUT2D eigenvalue weighted by molar-refractivity contribution is 0.471. The van der Waals surface area contributed by atoms with Gasteiger partial charge in [0, 0.05) is 17.5 Å². The molecule has 0 saturated heterocycles. The number of para-hydroxylation sites is 1. The quantitative estimate of drug-likeness (QED) is 0.778. The Morgan fingerprint density at radius 2 is 1.86 bits per heavy atom.